The smallest absolute Gasteiger partial charge is 0.223 e. The summed E-state index contributed by atoms with van der Waals surface area (Å²) in [5, 5.41) is 3.04. The normalized spacial score (nSPS) is 17.8. The molecule has 1 aromatic rings. The van der Waals surface area contributed by atoms with Crippen LogP contribution in [0.1, 0.15) is 30.4 Å². The lowest BCUT2D eigenvalue weighted by Gasteiger charge is -2.17. The second-order valence-corrected chi connectivity index (χ2v) is 5.34. The molecule has 1 N–H and O–H groups in total. The zero-order chi connectivity index (χ0) is 14.4. The summed E-state index contributed by atoms with van der Waals surface area (Å²) >= 11 is 0. The average Bonchev–Trinajstić information content (AvgIpc) is 2.48. The van der Waals surface area contributed by atoms with Crippen molar-refractivity contribution < 1.29 is 9.53 Å². The maximum atomic E-state index is 12.0. The molecular formula is C17H23NO2. The Balaban J connectivity index is 1.85. The number of rotatable bonds is 5. The summed E-state index contributed by atoms with van der Waals surface area (Å²) in [6.45, 7) is 2.73. The van der Waals surface area contributed by atoms with Crippen LogP contribution in [0.15, 0.2) is 30.4 Å². The lowest BCUT2D eigenvalue weighted by Crippen LogP contribution is -2.32. The fraction of sp³-hybridized carbons (Fsp3) is 0.471. The van der Waals surface area contributed by atoms with Gasteiger partial charge in [0, 0.05) is 12.5 Å². The predicted molar refractivity (Wildman–Crippen MR) is 80.9 cm³/mol. The van der Waals surface area contributed by atoms with Crippen LogP contribution in [0.3, 0.4) is 0 Å². The minimum atomic E-state index is 0.152. The highest BCUT2D eigenvalue weighted by atomic mass is 16.5. The van der Waals surface area contributed by atoms with E-state index >= 15 is 0 Å². The van der Waals surface area contributed by atoms with Gasteiger partial charge in [-0.25, -0.2) is 0 Å². The number of aryl methyl sites for hydroxylation is 1. The zero-order valence-electron chi connectivity index (χ0n) is 12.3. The third-order valence-corrected chi connectivity index (χ3v) is 3.77. The number of methoxy groups -OCH3 is 1. The van der Waals surface area contributed by atoms with Gasteiger partial charge < -0.3 is 10.1 Å². The van der Waals surface area contributed by atoms with E-state index in [2.05, 4.69) is 30.5 Å². The van der Waals surface area contributed by atoms with E-state index in [1.807, 2.05) is 12.1 Å². The van der Waals surface area contributed by atoms with Gasteiger partial charge in [-0.05, 0) is 44.2 Å². The summed E-state index contributed by atoms with van der Waals surface area (Å²) in [5.41, 5.74) is 2.36. The summed E-state index contributed by atoms with van der Waals surface area (Å²) < 4.78 is 5.35. The molecule has 20 heavy (non-hydrogen) atoms. The van der Waals surface area contributed by atoms with Crippen LogP contribution in [0, 0.1) is 12.8 Å². The van der Waals surface area contributed by atoms with Crippen LogP contribution in [-0.4, -0.2) is 19.6 Å². The Morgan fingerprint density at radius 2 is 2.25 bits per heavy atom. The van der Waals surface area contributed by atoms with Crippen LogP contribution >= 0.6 is 0 Å². The van der Waals surface area contributed by atoms with Gasteiger partial charge in [-0.3, -0.25) is 4.79 Å². The SMILES string of the molecule is COc1ccc(C)cc1CCNC(=O)[C@@H]1CC=CCC1. The Morgan fingerprint density at radius 3 is 2.95 bits per heavy atom. The van der Waals surface area contributed by atoms with Crippen molar-refractivity contribution in [2.45, 2.75) is 32.6 Å². The number of amides is 1. The maximum Gasteiger partial charge on any atom is 0.223 e. The molecular weight excluding hydrogens is 250 g/mol. The molecule has 0 spiro atoms. The fourth-order valence-corrected chi connectivity index (χ4v) is 2.60. The van der Waals surface area contributed by atoms with Gasteiger partial charge in [0.2, 0.25) is 5.91 Å². The lowest BCUT2D eigenvalue weighted by molar-refractivity contribution is -0.125. The van der Waals surface area contributed by atoms with E-state index in [1.165, 1.54) is 5.56 Å². The zero-order valence-corrected chi connectivity index (χ0v) is 12.3. The van der Waals surface area contributed by atoms with Gasteiger partial charge in [0.05, 0.1) is 7.11 Å². The van der Waals surface area contributed by atoms with E-state index in [0.717, 1.165) is 37.0 Å². The summed E-state index contributed by atoms with van der Waals surface area (Å²) in [6.07, 6.45) is 7.93. The molecule has 0 bridgehead atoms. The van der Waals surface area contributed by atoms with Gasteiger partial charge in [0.15, 0.2) is 0 Å². The van der Waals surface area contributed by atoms with Crippen LogP contribution in [-0.2, 0) is 11.2 Å². The second-order valence-electron chi connectivity index (χ2n) is 5.34. The first-order valence-electron chi connectivity index (χ1n) is 7.27. The summed E-state index contributed by atoms with van der Waals surface area (Å²) in [6, 6.07) is 6.14. The molecule has 0 saturated heterocycles. The number of carbonyl (C=O) groups excluding carboxylic acids is 1. The number of carbonyl (C=O) groups is 1. The molecule has 3 heteroatoms. The first-order chi connectivity index (χ1) is 9.70. The van der Waals surface area contributed by atoms with Crippen LogP contribution in [0.2, 0.25) is 0 Å². The third kappa shape index (κ3) is 3.86. The van der Waals surface area contributed by atoms with E-state index in [4.69, 9.17) is 4.74 Å². The largest absolute Gasteiger partial charge is 0.496 e. The van der Waals surface area contributed by atoms with Gasteiger partial charge in [0.25, 0.3) is 0 Å². The topological polar surface area (TPSA) is 38.3 Å². The van der Waals surface area contributed by atoms with Crippen molar-refractivity contribution in [3.05, 3.63) is 41.5 Å². The molecule has 0 radical (unpaired) electrons. The van der Waals surface area contributed by atoms with Gasteiger partial charge in [-0.15, -0.1) is 0 Å². The molecule has 0 aromatic heterocycles. The van der Waals surface area contributed by atoms with Crippen LogP contribution in [0.25, 0.3) is 0 Å². The van der Waals surface area contributed by atoms with Crippen molar-refractivity contribution in [1.82, 2.24) is 5.32 Å². The monoisotopic (exact) mass is 273 g/mol. The molecule has 0 fully saturated rings. The molecule has 0 aliphatic heterocycles. The molecule has 0 heterocycles. The number of hydrogen-bond acceptors (Lipinski definition) is 2. The highest BCUT2D eigenvalue weighted by Crippen LogP contribution is 2.20. The van der Waals surface area contributed by atoms with Crippen molar-refractivity contribution in [1.29, 1.82) is 0 Å². The van der Waals surface area contributed by atoms with Crippen molar-refractivity contribution in [2.75, 3.05) is 13.7 Å². The van der Waals surface area contributed by atoms with Crippen molar-refractivity contribution in [3.63, 3.8) is 0 Å². The molecule has 0 unspecified atom stereocenters. The quantitative estimate of drug-likeness (QED) is 0.837. The van der Waals surface area contributed by atoms with E-state index in [1.54, 1.807) is 7.11 Å². The van der Waals surface area contributed by atoms with Gasteiger partial charge in [-0.1, -0.05) is 29.8 Å². The molecule has 2 rings (SSSR count). The number of benzene rings is 1. The highest BCUT2D eigenvalue weighted by Gasteiger charge is 2.18. The molecule has 1 atom stereocenters. The van der Waals surface area contributed by atoms with E-state index in [0.29, 0.717) is 6.54 Å². The fourth-order valence-electron chi connectivity index (χ4n) is 2.60. The molecule has 1 aliphatic rings. The number of ether oxygens (including phenoxy) is 1. The number of nitrogens with one attached hydrogen (secondary N) is 1. The molecule has 1 amide bonds. The van der Waals surface area contributed by atoms with Crippen molar-refractivity contribution >= 4 is 5.91 Å². The summed E-state index contributed by atoms with van der Waals surface area (Å²) in [7, 11) is 1.68. The Labute approximate surface area is 121 Å². The minimum Gasteiger partial charge on any atom is -0.496 e. The second kappa shape index (κ2) is 7.13. The standard InChI is InChI=1S/C17H23NO2/c1-13-8-9-16(20-2)15(12-13)10-11-18-17(19)14-6-4-3-5-7-14/h3-4,8-9,12,14H,5-7,10-11H2,1-2H3,(H,18,19)/t14-/m1/s1. The third-order valence-electron chi connectivity index (χ3n) is 3.77. The molecule has 1 aromatic carbocycles. The van der Waals surface area contributed by atoms with Crippen LogP contribution < -0.4 is 10.1 Å². The van der Waals surface area contributed by atoms with Gasteiger partial charge >= 0.3 is 0 Å². The van der Waals surface area contributed by atoms with E-state index < -0.39 is 0 Å². The first kappa shape index (κ1) is 14.6. The highest BCUT2D eigenvalue weighted by molar-refractivity contribution is 5.78. The molecule has 108 valence electrons. The first-order valence-corrected chi connectivity index (χ1v) is 7.27. The van der Waals surface area contributed by atoms with Crippen molar-refractivity contribution in [3.8, 4) is 5.75 Å². The van der Waals surface area contributed by atoms with Crippen molar-refractivity contribution in [2.24, 2.45) is 5.92 Å². The Hall–Kier alpha value is -1.77. The average molecular weight is 273 g/mol. The Morgan fingerprint density at radius 1 is 1.40 bits per heavy atom. The Kier molecular flexibility index (Phi) is 5.22. The molecule has 3 nitrogen and oxygen atoms in total. The lowest BCUT2D eigenvalue weighted by atomic mass is 9.93. The minimum absolute atomic E-state index is 0.152. The van der Waals surface area contributed by atoms with E-state index in [-0.39, 0.29) is 11.8 Å². The van der Waals surface area contributed by atoms with Gasteiger partial charge in [-0.2, -0.15) is 0 Å². The van der Waals surface area contributed by atoms with E-state index in [9.17, 15) is 4.79 Å². The summed E-state index contributed by atoms with van der Waals surface area (Å²) in [5.74, 6) is 1.23. The van der Waals surface area contributed by atoms with Gasteiger partial charge in [0.1, 0.15) is 5.75 Å². The van der Waals surface area contributed by atoms with Crippen LogP contribution in [0.4, 0.5) is 0 Å². The Bertz CT molecular complexity index is 494. The maximum absolute atomic E-state index is 12.0. The molecule has 0 saturated carbocycles. The molecule has 1 aliphatic carbocycles. The predicted octanol–water partition coefficient (Wildman–Crippen LogP) is 3.02. The van der Waals surface area contributed by atoms with Crippen LogP contribution in [0.5, 0.6) is 5.75 Å². The number of allylic oxidation sites excluding steroid dienone is 2. The summed E-state index contributed by atoms with van der Waals surface area (Å²) in [4.78, 5) is 12.0. The number of hydrogen-bond donors (Lipinski definition) is 1.